The lowest BCUT2D eigenvalue weighted by atomic mass is 10.1. The van der Waals surface area contributed by atoms with E-state index in [0.29, 0.717) is 5.75 Å². The summed E-state index contributed by atoms with van der Waals surface area (Å²) >= 11 is 0. The van der Waals surface area contributed by atoms with Gasteiger partial charge in [-0.3, -0.25) is 0 Å². The van der Waals surface area contributed by atoms with Crippen LogP contribution >= 0.6 is 0 Å². The molecule has 0 aliphatic carbocycles. The molecule has 0 aliphatic heterocycles. The highest BCUT2D eigenvalue weighted by molar-refractivity contribution is 5.42. The van der Waals surface area contributed by atoms with Crippen molar-refractivity contribution in [1.29, 1.82) is 0 Å². The quantitative estimate of drug-likeness (QED) is 0.850. The van der Waals surface area contributed by atoms with Crippen LogP contribution in [0.15, 0.2) is 35.1 Å². The molecule has 1 aromatic carbocycles. The lowest BCUT2D eigenvalue weighted by molar-refractivity contribution is 0.466. The Balaban J connectivity index is 1.95. The van der Waals surface area contributed by atoms with E-state index in [1.165, 1.54) is 5.56 Å². The third-order valence-corrected chi connectivity index (χ3v) is 2.79. The summed E-state index contributed by atoms with van der Waals surface area (Å²) in [6.07, 6.45) is 3.41. The second-order valence-corrected chi connectivity index (χ2v) is 4.31. The molecule has 1 aromatic heterocycles. The molecule has 17 heavy (non-hydrogen) atoms. The molecule has 0 amide bonds. The van der Waals surface area contributed by atoms with Crippen LogP contribution in [-0.4, -0.2) is 5.11 Å². The van der Waals surface area contributed by atoms with E-state index in [-0.39, 0.29) is 0 Å². The first-order chi connectivity index (χ1) is 8.16. The summed E-state index contributed by atoms with van der Waals surface area (Å²) in [4.78, 5) is 0. The molecule has 2 aromatic rings. The number of phenols is 1. The topological polar surface area (TPSA) is 45.4 Å². The third-order valence-electron chi connectivity index (χ3n) is 2.79. The molecule has 0 radical (unpaired) electrons. The number of benzene rings is 1. The lowest BCUT2D eigenvalue weighted by Gasteiger charge is -2.08. The van der Waals surface area contributed by atoms with Crippen molar-refractivity contribution in [2.75, 3.05) is 0 Å². The van der Waals surface area contributed by atoms with E-state index in [1.807, 2.05) is 32.0 Å². The Morgan fingerprint density at radius 1 is 1.12 bits per heavy atom. The van der Waals surface area contributed by atoms with Gasteiger partial charge in [-0.2, -0.15) is 0 Å². The van der Waals surface area contributed by atoms with Gasteiger partial charge in [0.15, 0.2) is 0 Å². The second-order valence-electron chi connectivity index (χ2n) is 4.31. The Labute approximate surface area is 101 Å². The molecule has 0 spiro atoms. The molecule has 3 heteroatoms. The highest BCUT2D eigenvalue weighted by Gasteiger charge is 2.03. The minimum absolute atomic E-state index is 0.392. The Hall–Kier alpha value is -1.74. The zero-order valence-corrected chi connectivity index (χ0v) is 10.2. The van der Waals surface area contributed by atoms with Crippen LogP contribution in [0.4, 0.5) is 0 Å². The molecule has 1 heterocycles. The summed E-state index contributed by atoms with van der Waals surface area (Å²) in [5.74, 6) is 0.392. The van der Waals surface area contributed by atoms with Gasteiger partial charge in [-0.25, -0.2) is 0 Å². The van der Waals surface area contributed by atoms with E-state index in [4.69, 9.17) is 4.42 Å². The number of hydrogen-bond acceptors (Lipinski definition) is 3. The molecule has 0 atom stereocenters. The summed E-state index contributed by atoms with van der Waals surface area (Å²) in [5.41, 5.74) is 4.16. The van der Waals surface area contributed by atoms with Crippen molar-refractivity contribution in [2.24, 2.45) is 0 Å². The maximum Gasteiger partial charge on any atom is 0.121 e. The monoisotopic (exact) mass is 231 g/mol. The van der Waals surface area contributed by atoms with Crippen molar-refractivity contribution >= 4 is 0 Å². The Bertz CT molecular complexity index is 466. The first-order valence-corrected chi connectivity index (χ1v) is 5.67. The largest absolute Gasteiger partial charge is 0.507 e. The molecule has 2 N–H and O–H groups in total. The number of hydrogen-bond donors (Lipinski definition) is 2. The molecule has 2 rings (SSSR count). The van der Waals surface area contributed by atoms with Gasteiger partial charge in [0.25, 0.3) is 0 Å². The van der Waals surface area contributed by atoms with Crippen molar-refractivity contribution in [3.8, 4) is 5.75 Å². The third kappa shape index (κ3) is 2.88. The van der Waals surface area contributed by atoms with Crippen LogP contribution in [0.25, 0.3) is 0 Å². The predicted octanol–water partition coefficient (Wildman–Crippen LogP) is 2.89. The van der Waals surface area contributed by atoms with E-state index >= 15 is 0 Å². The number of furan rings is 1. The standard InChI is InChI=1S/C14H17NO2/c1-10-5-13(6-11(2)14(10)16)8-15-7-12-3-4-17-9-12/h3-6,9,15-16H,7-8H2,1-2H3. The van der Waals surface area contributed by atoms with Crippen LogP contribution in [0.3, 0.4) is 0 Å². The predicted molar refractivity (Wildman–Crippen MR) is 66.8 cm³/mol. The average Bonchev–Trinajstić information content (AvgIpc) is 2.79. The van der Waals surface area contributed by atoms with Gasteiger partial charge >= 0.3 is 0 Å². The van der Waals surface area contributed by atoms with Crippen molar-refractivity contribution < 1.29 is 9.52 Å². The van der Waals surface area contributed by atoms with Gasteiger partial charge in [-0.1, -0.05) is 12.1 Å². The van der Waals surface area contributed by atoms with Gasteiger partial charge in [-0.15, -0.1) is 0 Å². The average molecular weight is 231 g/mol. The molecule has 90 valence electrons. The van der Waals surface area contributed by atoms with E-state index in [9.17, 15) is 5.11 Å². The molecule has 3 nitrogen and oxygen atoms in total. The normalized spacial score (nSPS) is 10.7. The van der Waals surface area contributed by atoms with Gasteiger partial charge in [0.1, 0.15) is 5.75 Å². The first-order valence-electron chi connectivity index (χ1n) is 5.67. The SMILES string of the molecule is Cc1cc(CNCc2ccoc2)cc(C)c1O. The Kier molecular flexibility index (Phi) is 3.49. The fourth-order valence-electron chi connectivity index (χ4n) is 1.89. The van der Waals surface area contributed by atoms with Gasteiger partial charge in [0.2, 0.25) is 0 Å². The van der Waals surface area contributed by atoms with Crippen LogP contribution in [0, 0.1) is 13.8 Å². The number of rotatable bonds is 4. The summed E-state index contributed by atoms with van der Waals surface area (Å²) in [7, 11) is 0. The molecule has 0 aliphatic rings. The Morgan fingerprint density at radius 3 is 2.35 bits per heavy atom. The zero-order chi connectivity index (χ0) is 12.3. The summed E-state index contributed by atoms with van der Waals surface area (Å²) < 4.78 is 5.00. The second kappa shape index (κ2) is 5.06. The van der Waals surface area contributed by atoms with Gasteiger partial charge in [0, 0.05) is 18.7 Å². The minimum Gasteiger partial charge on any atom is -0.507 e. The summed E-state index contributed by atoms with van der Waals surface area (Å²) in [6, 6.07) is 5.95. The Morgan fingerprint density at radius 2 is 1.76 bits per heavy atom. The van der Waals surface area contributed by atoms with Crippen LogP contribution in [0.5, 0.6) is 5.75 Å². The fourth-order valence-corrected chi connectivity index (χ4v) is 1.89. The first kappa shape index (κ1) is 11.7. The molecule has 0 fully saturated rings. The smallest absolute Gasteiger partial charge is 0.121 e. The minimum atomic E-state index is 0.392. The molecule has 0 saturated carbocycles. The van der Waals surface area contributed by atoms with Crippen molar-refractivity contribution in [1.82, 2.24) is 5.32 Å². The highest BCUT2D eigenvalue weighted by atomic mass is 16.3. The highest BCUT2D eigenvalue weighted by Crippen LogP contribution is 2.22. The maximum absolute atomic E-state index is 9.67. The number of phenolic OH excluding ortho intramolecular Hbond substituents is 1. The maximum atomic E-state index is 9.67. The van der Waals surface area contributed by atoms with Crippen molar-refractivity contribution in [3.05, 3.63) is 53.0 Å². The molecule has 0 unspecified atom stereocenters. The van der Waals surface area contributed by atoms with Gasteiger partial charge < -0.3 is 14.8 Å². The van der Waals surface area contributed by atoms with Gasteiger partial charge in [0.05, 0.1) is 12.5 Å². The molecule has 0 bridgehead atoms. The summed E-state index contributed by atoms with van der Waals surface area (Å²) in [5, 5.41) is 13.0. The van der Waals surface area contributed by atoms with Crippen LogP contribution in [-0.2, 0) is 13.1 Å². The fraction of sp³-hybridized carbons (Fsp3) is 0.286. The van der Waals surface area contributed by atoms with Gasteiger partial charge in [-0.05, 0) is 36.6 Å². The van der Waals surface area contributed by atoms with Crippen LogP contribution in [0.2, 0.25) is 0 Å². The van der Waals surface area contributed by atoms with Crippen LogP contribution < -0.4 is 5.32 Å². The van der Waals surface area contributed by atoms with Crippen molar-refractivity contribution in [2.45, 2.75) is 26.9 Å². The summed E-state index contributed by atoms with van der Waals surface area (Å²) in [6.45, 7) is 5.41. The van der Waals surface area contributed by atoms with Crippen molar-refractivity contribution in [3.63, 3.8) is 0 Å². The lowest BCUT2D eigenvalue weighted by Crippen LogP contribution is -2.12. The zero-order valence-electron chi connectivity index (χ0n) is 10.2. The number of nitrogens with one attached hydrogen (secondary N) is 1. The van der Waals surface area contributed by atoms with E-state index in [1.54, 1.807) is 12.5 Å². The molecular formula is C14H17NO2. The van der Waals surface area contributed by atoms with E-state index in [0.717, 1.165) is 29.8 Å². The van der Waals surface area contributed by atoms with Crippen LogP contribution in [0.1, 0.15) is 22.3 Å². The van der Waals surface area contributed by atoms with E-state index < -0.39 is 0 Å². The molecular weight excluding hydrogens is 214 g/mol. The van der Waals surface area contributed by atoms with E-state index in [2.05, 4.69) is 5.32 Å². The number of aromatic hydroxyl groups is 1. The molecule has 0 saturated heterocycles. The number of aryl methyl sites for hydroxylation is 2.